The first-order chi connectivity index (χ1) is 8.69. The molecule has 0 spiro atoms. The summed E-state index contributed by atoms with van der Waals surface area (Å²) in [6.07, 6.45) is 0. The first kappa shape index (κ1) is 12.8. The second kappa shape index (κ2) is 5.81. The van der Waals surface area contributed by atoms with Gasteiger partial charge in [0.05, 0.1) is 0 Å². The van der Waals surface area contributed by atoms with Crippen molar-refractivity contribution in [3.05, 3.63) is 57.3 Å². The lowest BCUT2D eigenvalue weighted by atomic mass is 10.1. The number of nitriles is 1. The maximum atomic E-state index is 8.78. The van der Waals surface area contributed by atoms with Crippen molar-refractivity contribution in [1.29, 1.82) is 5.26 Å². The zero-order valence-corrected chi connectivity index (χ0v) is 11.4. The molecule has 2 aromatic rings. The van der Waals surface area contributed by atoms with Gasteiger partial charge in [-0.15, -0.1) is 11.3 Å². The molecule has 0 aliphatic rings. The number of nitrogens with one attached hydrogen (secondary N) is 1. The SMILES string of the molecule is Cc1cccc([C@@H](C)NCc2ccc(C#N)s2)c1. The van der Waals surface area contributed by atoms with Crippen LogP contribution in [0.1, 0.15) is 33.8 Å². The van der Waals surface area contributed by atoms with Gasteiger partial charge in [-0.1, -0.05) is 29.8 Å². The second-order valence-electron chi connectivity index (χ2n) is 4.39. The zero-order chi connectivity index (χ0) is 13.0. The normalized spacial score (nSPS) is 12.1. The van der Waals surface area contributed by atoms with E-state index in [0.29, 0.717) is 6.04 Å². The lowest BCUT2D eigenvalue weighted by Gasteiger charge is -2.14. The van der Waals surface area contributed by atoms with Gasteiger partial charge in [-0.05, 0) is 31.5 Å². The van der Waals surface area contributed by atoms with Crippen molar-refractivity contribution in [3.8, 4) is 6.07 Å². The second-order valence-corrected chi connectivity index (χ2v) is 5.56. The molecule has 18 heavy (non-hydrogen) atoms. The molecule has 0 amide bonds. The van der Waals surface area contributed by atoms with Gasteiger partial charge >= 0.3 is 0 Å². The summed E-state index contributed by atoms with van der Waals surface area (Å²) in [5.74, 6) is 0. The van der Waals surface area contributed by atoms with Gasteiger partial charge in [-0.25, -0.2) is 0 Å². The Hall–Kier alpha value is -1.63. The van der Waals surface area contributed by atoms with Gasteiger partial charge in [-0.3, -0.25) is 0 Å². The lowest BCUT2D eigenvalue weighted by molar-refractivity contribution is 0.578. The highest BCUT2D eigenvalue weighted by atomic mass is 32.1. The number of hydrogen-bond acceptors (Lipinski definition) is 3. The molecule has 3 heteroatoms. The molecular weight excluding hydrogens is 240 g/mol. The molecule has 1 atom stereocenters. The van der Waals surface area contributed by atoms with E-state index in [0.717, 1.165) is 11.4 Å². The number of rotatable bonds is 4. The Balaban J connectivity index is 1.96. The smallest absolute Gasteiger partial charge is 0.110 e. The van der Waals surface area contributed by atoms with E-state index in [1.165, 1.54) is 16.0 Å². The van der Waals surface area contributed by atoms with Crippen LogP contribution in [0.25, 0.3) is 0 Å². The van der Waals surface area contributed by atoms with E-state index in [1.54, 1.807) is 11.3 Å². The van der Waals surface area contributed by atoms with Crippen molar-refractivity contribution in [2.75, 3.05) is 0 Å². The molecule has 0 saturated heterocycles. The molecule has 92 valence electrons. The summed E-state index contributed by atoms with van der Waals surface area (Å²) in [7, 11) is 0. The van der Waals surface area contributed by atoms with E-state index in [1.807, 2.05) is 12.1 Å². The Morgan fingerprint density at radius 2 is 2.17 bits per heavy atom. The predicted molar refractivity (Wildman–Crippen MR) is 75.5 cm³/mol. The monoisotopic (exact) mass is 256 g/mol. The van der Waals surface area contributed by atoms with Crippen LogP contribution in [0.15, 0.2) is 36.4 Å². The maximum absolute atomic E-state index is 8.78. The first-order valence-corrected chi connectivity index (χ1v) is 6.79. The minimum atomic E-state index is 0.317. The van der Waals surface area contributed by atoms with Crippen LogP contribution in [0.5, 0.6) is 0 Å². The third-order valence-corrected chi connectivity index (χ3v) is 3.89. The van der Waals surface area contributed by atoms with E-state index in [2.05, 4.69) is 49.5 Å². The minimum Gasteiger partial charge on any atom is -0.305 e. The molecule has 2 rings (SSSR count). The van der Waals surface area contributed by atoms with Crippen molar-refractivity contribution in [3.63, 3.8) is 0 Å². The van der Waals surface area contributed by atoms with E-state index in [4.69, 9.17) is 5.26 Å². The summed E-state index contributed by atoms with van der Waals surface area (Å²) in [5.41, 5.74) is 2.58. The predicted octanol–water partition coefficient (Wildman–Crippen LogP) is 3.78. The van der Waals surface area contributed by atoms with Crippen LogP contribution in [-0.2, 0) is 6.54 Å². The third kappa shape index (κ3) is 3.19. The fourth-order valence-corrected chi connectivity index (χ4v) is 2.60. The molecule has 1 aromatic carbocycles. The van der Waals surface area contributed by atoms with Crippen LogP contribution in [0, 0.1) is 18.3 Å². The molecule has 0 radical (unpaired) electrons. The largest absolute Gasteiger partial charge is 0.305 e. The highest BCUT2D eigenvalue weighted by Crippen LogP contribution is 2.18. The van der Waals surface area contributed by atoms with Gasteiger partial charge in [0.2, 0.25) is 0 Å². The number of thiophene rings is 1. The zero-order valence-electron chi connectivity index (χ0n) is 10.6. The molecule has 0 bridgehead atoms. The van der Waals surface area contributed by atoms with Crippen molar-refractivity contribution in [2.45, 2.75) is 26.4 Å². The topological polar surface area (TPSA) is 35.8 Å². The van der Waals surface area contributed by atoms with E-state index in [-0.39, 0.29) is 0 Å². The Bertz CT molecular complexity index is 566. The van der Waals surface area contributed by atoms with Gasteiger partial charge in [0.1, 0.15) is 10.9 Å². The molecule has 1 aromatic heterocycles. The van der Waals surface area contributed by atoms with Crippen molar-refractivity contribution < 1.29 is 0 Å². The summed E-state index contributed by atoms with van der Waals surface area (Å²) in [6, 6.07) is 14.9. The highest BCUT2D eigenvalue weighted by molar-refractivity contribution is 7.12. The van der Waals surface area contributed by atoms with Gasteiger partial charge in [-0.2, -0.15) is 5.26 Å². The quantitative estimate of drug-likeness (QED) is 0.903. The standard InChI is InChI=1S/C15H16N2S/c1-11-4-3-5-13(8-11)12(2)17-10-15-7-6-14(9-16)18-15/h3-8,12,17H,10H2,1-2H3/t12-/m1/s1. The third-order valence-electron chi connectivity index (χ3n) is 2.90. The van der Waals surface area contributed by atoms with Gasteiger partial charge < -0.3 is 5.32 Å². The van der Waals surface area contributed by atoms with Crippen LogP contribution >= 0.6 is 11.3 Å². The minimum absolute atomic E-state index is 0.317. The lowest BCUT2D eigenvalue weighted by Crippen LogP contribution is -2.17. The van der Waals surface area contributed by atoms with Crippen molar-refractivity contribution in [1.82, 2.24) is 5.32 Å². The van der Waals surface area contributed by atoms with Crippen molar-refractivity contribution in [2.24, 2.45) is 0 Å². The van der Waals surface area contributed by atoms with Gasteiger partial charge in [0, 0.05) is 17.5 Å². The number of benzene rings is 1. The Labute approximate surface area is 112 Å². The Kier molecular flexibility index (Phi) is 4.14. The molecule has 0 aliphatic carbocycles. The van der Waals surface area contributed by atoms with E-state index in [9.17, 15) is 0 Å². The van der Waals surface area contributed by atoms with Crippen LogP contribution in [0.2, 0.25) is 0 Å². The Morgan fingerprint density at radius 1 is 1.33 bits per heavy atom. The Morgan fingerprint density at radius 3 is 2.83 bits per heavy atom. The molecular formula is C15H16N2S. The van der Waals surface area contributed by atoms with E-state index < -0.39 is 0 Å². The summed E-state index contributed by atoms with van der Waals surface area (Å²) in [6.45, 7) is 5.07. The fourth-order valence-electron chi connectivity index (χ4n) is 1.84. The summed E-state index contributed by atoms with van der Waals surface area (Å²) >= 11 is 1.55. The van der Waals surface area contributed by atoms with Gasteiger partial charge in [0.15, 0.2) is 0 Å². The van der Waals surface area contributed by atoms with Crippen LogP contribution < -0.4 is 5.32 Å². The average molecular weight is 256 g/mol. The molecule has 0 aliphatic heterocycles. The summed E-state index contributed by atoms with van der Waals surface area (Å²) < 4.78 is 0. The fraction of sp³-hybridized carbons (Fsp3) is 0.267. The number of nitrogens with zero attached hydrogens (tertiary/aromatic N) is 1. The van der Waals surface area contributed by atoms with Crippen molar-refractivity contribution >= 4 is 11.3 Å². The van der Waals surface area contributed by atoms with Crippen LogP contribution in [0.3, 0.4) is 0 Å². The average Bonchev–Trinajstić information content (AvgIpc) is 2.84. The highest BCUT2D eigenvalue weighted by Gasteiger charge is 2.06. The maximum Gasteiger partial charge on any atom is 0.110 e. The first-order valence-electron chi connectivity index (χ1n) is 5.98. The molecule has 0 saturated carbocycles. The molecule has 1 heterocycles. The molecule has 0 fully saturated rings. The van der Waals surface area contributed by atoms with Crippen LogP contribution in [0.4, 0.5) is 0 Å². The summed E-state index contributed by atoms with van der Waals surface area (Å²) in [5, 5.41) is 12.3. The molecule has 1 N–H and O–H groups in total. The van der Waals surface area contributed by atoms with E-state index >= 15 is 0 Å². The summed E-state index contributed by atoms with van der Waals surface area (Å²) in [4.78, 5) is 1.97. The number of hydrogen-bond donors (Lipinski definition) is 1. The molecule has 0 unspecified atom stereocenters. The molecule has 2 nitrogen and oxygen atoms in total. The number of aryl methyl sites for hydroxylation is 1. The van der Waals surface area contributed by atoms with Crippen LogP contribution in [-0.4, -0.2) is 0 Å². The van der Waals surface area contributed by atoms with Gasteiger partial charge in [0.25, 0.3) is 0 Å².